The van der Waals surface area contributed by atoms with Gasteiger partial charge in [-0.2, -0.15) is 0 Å². The van der Waals surface area contributed by atoms with Gasteiger partial charge >= 0.3 is 0 Å². The number of rotatable bonds is 4. The van der Waals surface area contributed by atoms with Gasteiger partial charge in [-0.1, -0.05) is 18.2 Å². The van der Waals surface area contributed by atoms with Gasteiger partial charge in [0.1, 0.15) is 18.1 Å². The standard InChI is InChI=1S/C16H19NO2/c1-18-10-14-7-8-15(19-14)16(17)13-6-5-11-3-2-4-12(11)9-13/h5-9,16H,2-4,10,17H2,1H3. The van der Waals surface area contributed by atoms with Crippen LogP contribution in [-0.2, 0) is 24.2 Å². The monoisotopic (exact) mass is 257 g/mol. The molecule has 3 heteroatoms. The van der Waals surface area contributed by atoms with Gasteiger partial charge in [0.05, 0.1) is 6.04 Å². The van der Waals surface area contributed by atoms with E-state index >= 15 is 0 Å². The third-order valence-corrected chi connectivity index (χ3v) is 3.76. The molecule has 2 N–H and O–H groups in total. The van der Waals surface area contributed by atoms with Gasteiger partial charge in [0, 0.05) is 7.11 Å². The quantitative estimate of drug-likeness (QED) is 0.916. The predicted octanol–water partition coefficient (Wildman–Crippen LogP) is 2.96. The summed E-state index contributed by atoms with van der Waals surface area (Å²) in [7, 11) is 1.66. The van der Waals surface area contributed by atoms with Gasteiger partial charge in [0.2, 0.25) is 0 Å². The molecule has 1 heterocycles. The van der Waals surface area contributed by atoms with E-state index in [-0.39, 0.29) is 6.04 Å². The Hall–Kier alpha value is -1.58. The van der Waals surface area contributed by atoms with E-state index in [9.17, 15) is 0 Å². The molecule has 1 aliphatic carbocycles. The van der Waals surface area contributed by atoms with Crippen molar-refractivity contribution in [2.24, 2.45) is 5.73 Å². The van der Waals surface area contributed by atoms with Crippen LogP contribution in [-0.4, -0.2) is 7.11 Å². The molecule has 0 saturated carbocycles. The zero-order chi connectivity index (χ0) is 13.2. The van der Waals surface area contributed by atoms with Crippen molar-refractivity contribution in [2.75, 3.05) is 7.11 Å². The number of benzene rings is 1. The lowest BCUT2D eigenvalue weighted by atomic mass is 10.0. The van der Waals surface area contributed by atoms with Gasteiger partial charge in [-0.3, -0.25) is 0 Å². The molecule has 100 valence electrons. The SMILES string of the molecule is COCc1ccc(C(N)c2ccc3c(c2)CCC3)o1. The van der Waals surface area contributed by atoms with Crippen molar-refractivity contribution in [2.45, 2.75) is 31.9 Å². The second kappa shape index (κ2) is 5.19. The predicted molar refractivity (Wildman–Crippen MR) is 73.9 cm³/mol. The normalized spacial score (nSPS) is 15.5. The second-order valence-electron chi connectivity index (χ2n) is 5.10. The van der Waals surface area contributed by atoms with Gasteiger partial charge in [-0.25, -0.2) is 0 Å². The van der Waals surface area contributed by atoms with Crippen LogP contribution in [0.25, 0.3) is 0 Å². The van der Waals surface area contributed by atoms with Gasteiger partial charge in [0.25, 0.3) is 0 Å². The number of fused-ring (bicyclic) bond motifs is 1. The first kappa shape index (κ1) is 12.5. The first-order chi connectivity index (χ1) is 9.28. The molecule has 1 atom stereocenters. The van der Waals surface area contributed by atoms with E-state index in [1.807, 2.05) is 12.1 Å². The number of methoxy groups -OCH3 is 1. The summed E-state index contributed by atoms with van der Waals surface area (Å²) in [5, 5.41) is 0. The highest BCUT2D eigenvalue weighted by Gasteiger charge is 2.17. The van der Waals surface area contributed by atoms with E-state index in [1.54, 1.807) is 7.11 Å². The smallest absolute Gasteiger partial charge is 0.129 e. The van der Waals surface area contributed by atoms with Crippen LogP contribution in [0.1, 0.15) is 40.7 Å². The summed E-state index contributed by atoms with van der Waals surface area (Å²) in [6.07, 6.45) is 3.62. The number of hydrogen-bond acceptors (Lipinski definition) is 3. The summed E-state index contributed by atoms with van der Waals surface area (Å²) < 4.78 is 10.8. The summed E-state index contributed by atoms with van der Waals surface area (Å²) in [5.41, 5.74) is 10.3. The Labute approximate surface area is 113 Å². The van der Waals surface area contributed by atoms with Crippen LogP contribution in [0, 0.1) is 0 Å². The summed E-state index contributed by atoms with van der Waals surface area (Å²) in [5.74, 6) is 1.61. The first-order valence-corrected chi connectivity index (χ1v) is 6.73. The summed E-state index contributed by atoms with van der Waals surface area (Å²) in [6, 6.07) is 10.2. The molecule has 0 fully saturated rings. The molecule has 3 nitrogen and oxygen atoms in total. The number of hydrogen-bond donors (Lipinski definition) is 1. The van der Waals surface area contributed by atoms with Gasteiger partial charge in [0.15, 0.2) is 0 Å². The molecule has 2 aromatic rings. The highest BCUT2D eigenvalue weighted by Crippen LogP contribution is 2.28. The lowest BCUT2D eigenvalue weighted by Gasteiger charge is -2.11. The Morgan fingerprint density at radius 2 is 2.05 bits per heavy atom. The van der Waals surface area contributed by atoms with Crippen LogP contribution in [0.3, 0.4) is 0 Å². The Morgan fingerprint density at radius 1 is 1.21 bits per heavy atom. The van der Waals surface area contributed by atoms with Crippen molar-refractivity contribution in [3.8, 4) is 0 Å². The van der Waals surface area contributed by atoms with Crippen molar-refractivity contribution >= 4 is 0 Å². The topological polar surface area (TPSA) is 48.4 Å². The van der Waals surface area contributed by atoms with Crippen molar-refractivity contribution in [3.05, 3.63) is 58.5 Å². The maximum absolute atomic E-state index is 6.29. The second-order valence-corrected chi connectivity index (χ2v) is 5.10. The van der Waals surface area contributed by atoms with Crippen molar-refractivity contribution in [1.82, 2.24) is 0 Å². The molecule has 1 aromatic carbocycles. The summed E-state index contributed by atoms with van der Waals surface area (Å²) in [4.78, 5) is 0. The van der Waals surface area contributed by atoms with Crippen LogP contribution in [0.15, 0.2) is 34.7 Å². The minimum Gasteiger partial charge on any atom is -0.462 e. The van der Waals surface area contributed by atoms with Crippen molar-refractivity contribution in [1.29, 1.82) is 0 Å². The maximum Gasteiger partial charge on any atom is 0.129 e. The summed E-state index contributed by atoms with van der Waals surface area (Å²) in [6.45, 7) is 0.483. The lowest BCUT2D eigenvalue weighted by Crippen LogP contribution is -2.11. The van der Waals surface area contributed by atoms with Gasteiger partial charge in [-0.05, 0) is 48.1 Å². The average Bonchev–Trinajstić information content (AvgIpc) is 3.05. The third-order valence-electron chi connectivity index (χ3n) is 3.76. The molecule has 0 spiro atoms. The minimum absolute atomic E-state index is 0.198. The molecule has 0 amide bonds. The Kier molecular flexibility index (Phi) is 3.40. The maximum atomic E-state index is 6.29. The number of nitrogens with two attached hydrogens (primary N) is 1. The fraction of sp³-hybridized carbons (Fsp3) is 0.375. The van der Waals surface area contributed by atoms with E-state index in [0.717, 1.165) is 17.1 Å². The van der Waals surface area contributed by atoms with Crippen molar-refractivity contribution in [3.63, 3.8) is 0 Å². The Bertz CT molecular complexity index is 574. The Morgan fingerprint density at radius 3 is 2.89 bits per heavy atom. The molecular weight excluding hydrogens is 238 g/mol. The minimum atomic E-state index is -0.198. The van der Waals surface area contributed by atoms with Gasteiger partial charge in [-0.15, -0.1) is 0 Å². The number of ether oxygens (including phenoxy) is 1. The highest BCUT2D eigenvalue weighted by atomic mass is 16.5. The highest BCUT2D eigenvalue weighted by molar-refractivity contribution is 5.38. The molecule has 0 aliphatic heterocycles. The van der Waals surface area contributed by atoms with E-state index in [2.05, 4.69) is 18.2 Å². The van der Waals surface area contributed by atoms with Crippen molar-refractivity contribution < 1.29 is 9.15 Å². The lowest BCUT2D eigenvalue weighted by molar-refractivity contribution is 0.162. The molecule has 1 aliphatic rings. The van der Waals surface area contributed by atoms with E-state index in [4.69, 9.17) is 14.9 Å². The molecule has 0 bridgehead atoms. The molecule has 0 saturated heterocycles. The largest absolute Gasteiger partial charge is 0.462 e. The molecule has 19 heavy (non-hydrogen) atoms. The summed E-state index contributed by atoms with van der Waals surface area (Å²) >= 11 is 0. The van der Waals surface area contributed by atoms with Crippen LogP contribution in [0.2, 0.25) is 0 Å². The van der Waals surface area contributed by atoms with E-state index < -0.39 is 0 Å². The van der Waals surface area contributed by atoms with Crippen LogP contribution < -0.4 is 5.73 Å². The van der Waals surface area contributed by atoms with Gasteiger partial charge < -0.3 is 14.9 Å². The zero-order valence-electron chi connectivity index (χ0n) is 11.2. The fourth-order valence-electron chi connectivity index (χ4n) is 2.73. The number of furan rings is 1. The van der Waals surface area contributed by atoms with Crippen LogP contribution in [0.4, 0.5) is 0 Å². The molecule has 0 radical (unpaired) electrons. The molecular formula is C16H19NO2. The molecule has 3 rings (SSSR count). The fourth-order valence-corrected chi connectivity index (χ4v) is 2.73. The van der Waals surface area contributed by atoms with Crippen LogP contribution >= 0.6 is 0 Å². The molecule has 1 aromatic heterocycles. The zero-order valence-corrected chi connectivity index (χ0v) is 11.2. The first-order valence-electron chi connectivity index (χ1n) is 6.73. The van der Waals surface area contributed by atoms with E-state index in [1.165, 1.54) is 30.4 Å². The van der Waals surface area contributed by atoms with E-state index in [0.29, 0.717) is 6.61 Å². The molecule has 1 unspecified atom stereocenters. The van der Waals surface area contributed by atoms with Crippen LogP contribution in [0.5, 0.6) is 0 Å². The average molecular weight is 257 g/mol. The Balaban J connectivity index is 1.84. The third kappa shape index (κ3) is 2.44. The number of aryl methyl sites for hydroxylation is 2.